The average molecular weight is 238 g/mol. The molecule has 4 nitrogen and oxygen atoms in total. The number of hydrogen-bond donors (Lipinski definition) is 1. The van der Waals surface area contributed by atoms with Crippen LogP contribution in [0, 0.1) is 0 Å². The fourth-order valence-electron chi connectivity index (χ4n) is 2.10. The van der Waals surface area contributed by atoms with Gasteiger partial charge in [-0.15, -0.1) is 0 Å². The van der Waals surface area contributed by atoms with Gasteiger partial charge in [-0.2, -0.15) is 0 Å². The first-order valence-electron chi connectivity index (χ1n) is 5.67. The van der Waals surface area contributed by atoms with Crippen molar-refractivity contribution in [1.82, 2.24) is 0 Å². The van der Waals surface area contributed by atoms with E-state index in [1.807, 2.05) is 12.1 Å². The highest BCUT2D eigenvalue weighted by molar-refractivity contribution is 5.53. The van der Waals surface area contributed by atoms with E-state index in [2.05, 4.69) is 0 Å². The molecule has 94 valence electrons. The second-order valence-electron chi connectivity index (χ2n) is 4.62. The first kappa shape index (κ1) is 12.2. The van der Waals surface area contributed by atoms with Crippen LogP contribution in [0.3, 0.4) is 0 Å². The number of rotatable bonds is 3. The van der Waals surface area contributed by atoms with E-state index in [4.69, 9.17) is 14.2 Å². The SMILES string of the molecule is COCc1ccc2c(c1C(C)(C)O)OCCO2. The molecule has 0 radical (unpaired) electrons. The van der Waals surface area contributed by atoms with Gasteiger partial charge in [0.05, 0.1) is 12.2 Å². The number of ether oxygens (including phenoxy) is 3. The highest BCUT2D eigenvalue weighted by atomic mass is 16.6. The molecule has 1 aliphatic heterocycles. The summed E-state index contributed by atoms with van der Waals surface area (Å²) in [5.41, 5.74) is 0.681. The van der Waals surface area contributed by atoms with Crippen LogP contribution in [0.4, 0.5) is 0 Å². The Kier molecular flexibility index (Phi) is 3.26. The summed E-state index contributed by atoms with van der Waals surface area (Å²) < 4.78 is 16.3. The summed E-state index contributed by atoms with van der Waals surface area (Å²) in [5, 5.41) is 10.3. The van der Waals surface area contributed by atoms with Gasteiger partial charge in [-0.3, -0.25) is 0 Å². The predicted octanol–water partition coefficient (Wildman–Crippen LogP) is 1.83. The first-order chi connectivity index (χ1) is 8.04. The van der Waals surface area contributed by atoms with Gasteiger partial charge in [0.2, 0.25) is 0 Å². The number of hydrogen-bond acceptors (Lipinski definition) is 4. The fraction of sp³-hybridized carbons (Fsp3) is 0.538. The molecule has 1 aromatic carbocycles. The molecule has 0 spiro atoms. The van der Waals surface area contributed by atoms with Gasteiger partial charge in [-0.05, 0) is 25.5 Å². The molecule has 0 unspecified atom stereocenters. The molecular formula is C13H18O4. The summed E-state index contributed by atoms with van der Waals surface area (Å²) in [6.45, 7) is 4.96. The molecule has 0 aromatic heterocycles. The Balaban J connectivity index is 2.55. The highest BCUT2D eigenvalue weighted by Crippen LogP contribution is 2.41. The van der Waals surface area contributed by atoms with Crippen molar-refractivity contribution < 1.29 is 19.3 Å². The van der Waals surface area contributed by atoms with Crippen LogP contribution in [0.25, 0.3) is 0 Å². The Morgan fingerprint density at radius 1 is 1.29 bits per heavy atom. The third kappa shape index (κ3) is 2.37. The molecule has 0 bridgehead atoms. The molecule has 4 heteroatoms. The summed E-state index contributed by atoms with van der Waals surface area (Å²) in [5.74, 6) is 1.33. The molecular weight excluding hydrogens is 220 g/mol. The summed E-state index contributed by atoms with van der Waals surface area (Å²) in [6.07, 6.45) is 0. The standard InChI is InChI=1S/C13H18O4/c1-13(2,14)11-9(8-15-3)4-5-10-12(11)17-7-6-16-10/h4-5,14H,6-8H2,1-3H3. The lowest BCUT2D eigenvalue weighted by atomic mass is 9.91. The molecule has 17 heavy (non-hydrogen) atoms. The van der Waals surface area contributed by atoms with Crippen LogP contribution in [0.1, 0.15) is 25.0 Å². The lowest BCUT2D eigenvalue weighted by Gasteiger charge is -2.28. The summed E-state index contributed by atoms with van der Waals surface area (Å²) in [4.78, 5) is 0. The fourth-order valence-corrected chi connectivity index (χ4v) is 2.10. The normalized spacial score (nSPS) is 14.8. The molecule has 0 aliphatic carbocycles. The van der Waals surface area contributed by atoms with Crippen molar-refractivity contribution >= 4 is 0 Å². The lowest BCUT2D eigenvalue weighted by molar-refractivity contribution is 0.0662. The average Bonchev–Trinajstić information content (AvgIpc) is 2.27. The molecule has 0 amide bonds. The monoisotopic (exact) mass is 238 g/mol. The van der Waals surface area contributed by atoms with E-state index in [0.29, 0.717) is 31.3 Å². The third-order valence-electron chi connectivity index (χ3n) is 2.71. The summed E-state index contributed by atoms with van der Waals surface area (Å²) >= 11 is 0. The molecule has 0 fully saturated rings. The van der Waals surface area contributed by atoms with E-state index >= 15 is 0 Å². The van der Waals surface area contributed by atoms with E-state index in [1.54, 1.807) is 21.0 Å². The quantitative estimate of drug-likeness (QED) is 0.872. The van der Waals surface area contributed by atoms with E-state index in [1.165, 1.54) is 0 Å². The smallest absolute Gasteiger partial charge is 0.167 e. The maximum Gasteiger partial charge on any atom is 0.167 e. The molecule has 1 aliphatic rings. The minimum absolute atomic E-state index is 0.440. The Bertz CT molecular complexity index is 407. The van der Waals surface area contributed by atoms with Gasteiger partial charge in [0.25, 0.3) is 0 Å². The Labute approximate surface area is 101 Å². The summed E-state index contributed by atoms with van der Waals surface area (Å²) in [7, 11) is 1.63. The van der Waals surface area contributed by atoms with Crippen LogP contribution in [0.2, 0.25) is 0 Å². The van der Waals surface area contributed by atoms with Crippen molar-refractivity contribution in [3.8, 4) is 11.5 Å². The van der Waals surface area contributed by atoms with E-state index < -0.39 is 5.60 Å². The molecule has 1 N–H and O–H groups in total. The Morgan fingerprint density at radius 3 is 2.65 bits per heavy atom. The number of fused-ring (bicyclic) bond motifs is 1. The van der Waals surface area contributed by atoms with Crippen molar-refractivity contribution in [2.24, 2.45) is 0 Å². The van der Waals surface area contributed by atoms with Crippen molar-refractivity contribution in [1.29, 1.82) is 0 Å². The van der Waals surface area contributed by atoms with Crippen LogP contribution in [0.15, 0.2) is 12.1 Å². The Hall–Kier alpha value is -1.26. The van der Waals surface area contributed by atoms with Crippen molar-refractivity contribution in [2.75, 3.05) is 20.3 Å². The number of benzene rings is 1. The largest absolute Gasteiger partial charge is 0.486 e. The molecule has 2 rings (SSSR count). The second kappa shape index (κ2) is 4.55. The third-order valence-corrected chi connectivity index (χ3v) is 2.71. The van der Waals surface area contributed by atoms with Gasteiger partial charge >= 0.3 is 0 Å². The summed E-state index contributed by atoms with van der Waals surface area (Å²) in [6, 6.07) is 3.77. The molecule has 0 saturated heterocycles. The van der Waals surface area contributed by atoms with Gasteiger partial charge in [-0.25, -0.2) is 0 Å². The zero-order valence-electron chi connectivity index (χ0n) is 10.4. The molecule has 0 atom stereocenters. The van der Waals surface area contributed by atoms with E-state index in [-0.39, 0.29) is 0 Å². The lowest BCUT2D eigenvalue weighted by Crippen LogP contribution is -2.24. The predicted molar refractivity (Wildman–Crippen MR) is 63.4 cm³/mol. The zero-order chi connectivity index (χ0) is 12.5. The number of aliphatic hydroxyl groups is 1. The van der Waals surface area contributed by atoms with Crippen LogP contribution < -0.4 is 9.47 Å². The number of methoxy groups -OCH3 is 1. The van der Waals surface area contributed by atoms with Gasteiger partial charge in [0.15, 0.2) is 11.5 Å². The van der Waals surface area contributed by atoms with Gasteiger partial charge in [0.1, 0.15) is 13.2 Å². The topological polar surface area (TPSA) is 47.9 Å². The molecule has 1 heterocycles. The zero-order valence-corrected chi connectivity index (χ0v) is 10.4. The first-order valence-corrected chi connectivity index (χ1v) is 5.67. The van der Waals surface area contributed by atoms with Crippen LogP contribution in [-0.4, -0.2) is 25.4 Å². The molecule has 0 saturated carbocycles. The maximum atomic E-state index is 10.3. The van der Waals surface area contributed by atoms with Gasteiger partial charge < -0.3 is 19.3 Å². The van der Waals surface area contributed by atoms with Gasteiger partial charge in [-0.1, -0.05) is 6.07 Å². The van der Waals surface area contributed by atoms with E-state index in [9.17, 15) is 5.11 Å². The maximum absolute atomic E-state index is 10.3. The minimum atomic E-state index is -0.986. The van der Waals surface area contributed by atoms with E-state index in [0.717, 1.165) is 11.1 Å². The van der Waals surface area contributed by atoms with Crippen molar-refractivity contribution in [3.05, 3.63) is 23.3 Å². The van der Waals surface area contributed by atoms with Crippen molar-refractivity contribution in [2.45, 2.75) is 26.1 Å². The highest BCUT2D eigenvalue weighted by Gasteiger charge is 2.29. The minimum Gasteiger partial charge on any atom is -0.486 e. The van der Waals surface area contributed by atoms with Crippen LogP contribution in [0.5, 0.6) is 11.5 Å². The molecule has 1 aromatic rings. The van der Waals surface area contributed by atoms with Gasteiger partial charge in [0, 0.05) is 12.7 Å². The second-order valence-corrected chi connectivity index (χ2v) is 4.62. The van der Waals surface area contributed by atoms with Crippen LogP contribution >= 0.6 is 0 Å². The van der Waals surface area contributed by atoms with Crippen LogP contribution in [-0.2, 0) is 16.9 Å². The van der Waals surface area contributed by atoms with Crippen molar-refractivity contribution in [3.63, 3.8) is 0 Å². The Morgan fingerprint density at radius 2 is 2.00 bits per heavy atom.